The van der Waals surface area contributed by atoms with Gasteiger partial charge in [0, 0.05) is 5.69 Å². The minimum atomic E-state index is -0.548. The van der Waals surface area contributed by atoms with Crippen molar-refractivity contribution in [1.82, 2.24) is 10.2 Å². The Hall–Kier alpha value is -2.32. The van der Waals surface area contributed by atoms with E-state index in [1.54, 1.807) is 19.1 Å². The largest absolute Gasteiger partial charge is 0.459 e. The van der Waals surface area contributed by atoms with Crippen LogP contribution in [0.5, 0.6) is 0 Å². The lowest BCUT2D eigenvalue weighted by Gasteiger charge is -2.10. The first-order valence-electron chi connectivity index (χ1n) is 6.83. The van der Waals surface area contributed by atoms with E-state index in [0.717, 1.165) is 11.8 Å². The molecular weight excluding hydrogens is 357 g/mol. The second kappa shape index (κ2) is 7.06. The molecular formula is C15H11ClFN3O3S. The summed E-state index contributed by atoms with van der Waals surface area (Å²) < 4.78 is 23.7. The SMILES string of the molecule is C[C@H](Sc1nnc(-c2ccco2)o1)C(=O)Nc1ccc(F)c(Cl)c1. The van der Waals surface area contributed by atoms with Gasteiger partial charge in [0.25, 0.3) is 11.1 Å². The normalized spacial score (nSPS) is 12.1. The van der Waals surface area contributed by atoms with Gasteiger partial charge in [-0.1, -0.05) is 23.4 Å². The molecule has 0 unspecified atom stereocenters. The zero-order valence-corrected chi connectivity index (χ0v) is 13.9. The van der Waals surface area contributed by atoms with Gasteiger partial charge in [0.2, 0.25) is 5.91 Å². The zero-order valence-electron chi connectivity index (χ0n) is 12.3. The van der Waals surface area contributed by atoms with Crippen molar-refractivity contribution in [2.24, 2.45) is 0 Å². The monoisotopic (exact) mass is 367 g/mol. The average molecular weight is 368 g/mol. The predicted molar refractivity (Wildman–Crippen MR) is 87.4 cm³/mol. The molecule has 0 radical (unpaired) electrons. The summed E-state index contributed by atoms with van der Waals surface area (Å²) in [6.45, 7) is 1.68. The second-order valence-corrected chi connectivity index (χ2v) is 6.43. The third-order valence-electron chi connectivity index (χ3n) is 2.97. The van der Waals surface area contributed by atoms with Gasteiger partial charge in [0.15, 0.2) is 5.76 Å². The Kier molecular flexibility index (Phi) is 4.86. The number of thioether (sulfide) groups is 1. The Morgan fingerprint density at radius 2 is 2.21 bits per heavy atom. The topological polar surface area (TPSA) is 81.2 Å². The molecule has 0 aliphatic heterocycles. The number of furan rings is 1. The predicted octanol–water partition coefficient (Wildman–Crippen LogP) is 4.24. The van der Waals surface area contributed by atoms with Crippen molar-refractivity contribution >= 4 is 35.0 Å². The first-order valence-corrected chi connectivity index (χ1v) is 8.08. The fraction of sp³-hybridized carbons (Fsp3) is 0.133. The molecule has 3 rings (SSSR count). The van der Waals surface area contributed by atoms with E-state index in [4.69, 9.17) is 20.4 Å². The molecule has 0 bridgehead atoms. The van der Waals surface area contributed by atoms with Crippen LogP contribution in [0.4, 0.5) is 10.1 Å². The molecule has 1 atom stereocenters. The van der Waals surface area contributed by atoms with Crippen molar-refractivity contribution in [3.05, 3.63) is 47.4 Å². The van der Waals surface area contributed by atoms with Crippen molar-refractivity contribution in [1.29, 1.82) is 0 Å². The standard InChI is InChI=1S/C15H11ClFN3O3S/c1-8(13(21)18-9-4-5-11(17)10(16)7-9)24-15-20-19-14(23-15)12-3-2-6-22-12/h2-8H,1H3,(H,18,21)/t8-/m0/s1. The number of halogens is 2. The molecule has 1 N–H and O–H groups in total. The number of carbonyl (C=O) groups is 1. The number of anilines is 1. The quantitative estimate of drug-likeness (QED) is 0.679. The number of hydrogen-bond donors (Lipinski definition) is 1. The van der Waals surface area contributed by atoms with E-state index in [9.17, 15) is 9.18 Å². The molecule has 0 aliphatic carbocycles. The van der Waals surface area contributed by atoms with Gasteiger partial charge in [-0.3, -0.25) is 4.79 Å². The summed E-state index contributed by atoms with van der Waals surface area (Å²) in [5.41, 5.74) is 0.403. The van der Waals surface area contributed by atoms with Gasteiger partial charge in [-0.25, -0.2) is 4.39 Å². The molecule has 1 aromatic carbocycles. The fourth-order valence-corrected chi connectivity index (χ4v) is 2.64. The van der Waals surface area contributed by atoms with Crippen LogP contribution in [0.25, 0.3) is 11.7 Å². The maximum atomic E-state index is 13.1. The Bertz CT molecular complexity index is 854. The molecule has 2 heterocycles. The van der Waals surface area contributed by atoms with Gasteiger partial charge >= 0.3 is 0 Å². The van der Waals surface area contributed by atoms with Gasteiger partial charge in [-0.15, -0.1) is 10.2 Å². The summed E-state index contributed by atoms with van der Waals surface area (Å²) in [6, 6.07) is 7.35. The van der Waals surface area contributed by atoms with Gasteiger partial charge in [-0.05, 0) is 37.3 Å². The minimum absolute atomic E-state index is 0.0619. The zero-order chi connectivity index (χ0) is 17.1. The molecule has 0 saturated carbocycles. The van der Waals surface area contributed by atoms with Gasteiger partial charge in [-0.2, -0.15) is 0 Å². The number of nitrogens with zero attached hydrogens (tertiary/aromatic N) is 2. The maximum absolute atomic E-state index is 13.1. The lowest BCUT2D eigenvalue weighted by atomic mass is 10.3. The summed E-state index contributed by atoms with van der Waals surface area (Å²) in [7, 11) is 0. The van der Waals surface area contributed by atoms with Crippen molar-refractivity contribution in [2.45, 2.75) is 17.4 Å². The van der Waals surface area contributed by atoms with Crippen molar-refractivity contribution in [3.63, 3.8) is 0 Å². The van der Waals surface area contributed by atoms with E-state index in [0.29, 0.717) is 11.4 Å². The van der Waals surface area contributed by atoms with Gasteiger partial charge in [0.05, 0.1) is 16.5 Å². The molecule has 6 nitrogen and oxygen atoms in total. The molecule has 0 saturated heterocycles. The third kappa shape index (κ3) is 3.77. The summed E-state index contributed by atoms with van der Waals surface area (Å²) in [4.78, 5) is 12.2. The lowest BCUT2D eigenvalue weighted by Crippen LogP contribution is -2.22. The number of nitrogens with one attached hydrogen (secondary N) is 1. The molecule has 24 heavy (non-hydrogen) atoms. The van der Waals surface area contributed by atoms with Crippen LogP contribution in [0, 0.1) is 5.82 Å². The van der Waals surface area contributed by atoms with Crippen LogP contribution in [0.15, 0.2) is 50.7 Å². The van der Waals surface area contributed by atoms with Crippen LogP contribution in [0.2, 0.25) is 5.02 Å². The Morgan fingerprint density at radius 1 is 1.38 bits per heavy atom. The molecule has 0 fully saturated rings. The van der Waals surface area contributed by atoms with Crippen LogP contribution in [0.1, 0.15) is 6.92 Å². The summed E-state index contributed by atoms with van der Waals surface area (Å²) in [6.07, 6.45) is 1.50. The third-order valence-corrected chi connectivity index (χ3v) is 4.20. The first kappa shape index (κ1) is 16.5. The van der Waals surface area contributed by atoms with Crippen molar-refractivity contribution in [3.8, 4) is 11.7 Å². The van der Waals surface area contributed by atoms with Crippen LogP contribution >= 0.6 is 23.4 Å². The lowest BCUT2D eigenvalue weighted by molar-refractivity contribution is -0.115. The second-order valence-electron chi connectivity index (χ2n) is 4.73. The van der Waals surface area contributed by atoms with Crippen molar-refractivity contribution < 1.29 is 18.0 Å². The number of hydrogen-bond acceptors (Lipinski definition) is 6. The fourth-order valence-electron chi connectivity index (χ4n) is 1.78. The van der Waals surface area contributed by atoms with E-state index in [1.807, 2.05) is 0 Å². The van der Waals surface area contributed by atoms with Crippen LogP contribution < -0.4 is 5.32 Å². The van der Waals surface area contributed by atoms with E-state index < -0.39 is 11.1 Å². The summed E-state index contributed by atoms with van der Waals surface area (Å²) in [5, 5.41) is 10.0. The Morgan fingerprint density at radius 3 is 2.92 bits per heavy atom. The first-order chi connectivity index (χ1) is 11.5. The molecule has 0 aliphatic rings. The number of aromatic nitrogens is 2. The maximum Gasteiger partial charge on any atom is 0.284 e. The van der Waals surface area contributed by atoms with E-state index >= 15 is 0 Å². The summed E-state index contributed by atoms with van der Waals surface area (Å²) >= 11 is 6.78. The Balaban J connectivity index is 1.62. The highest BCUT2D eigenvalue weighted by atomic mass is 35.5. The highest BCUT2D eigenvalue weighted by Gasteiger charge is 2.19. The van der Waals surface area contributed by atoms with E-state index in [1.165, 1.54) is 24.5 Å². The van der Waals surface area contributed by atoms with E-state index in [-0.39, 0.29) is 22.0 Å². The molecule has 1 amide bonds. The van der Waals surface area contributed by atoms with Crippen LogP contribution in [-0.2, 0) is 4.79 Å². The highest BCUT2D eigenvalue weighted by Crippen LogP contribution is 2.27. The average Bonchev–Trinajstić information content (AvgIpc) is 3.21. The molecule has 124 valence electrons. The van der Waals surface area contributed by atoms with Gasteiger partial charge < -0.3 is 14.2 Å². The number of carbonyl (C=O) groups excluding carboxylic acids is 1. The van der Waals surface area contributed by atoms with Crippen molar-refractivity contribution in [2.75, 3.05) is 5.32 Å². The highest BCUT2D eigenvalue weighted by molar-refractivity contribution is 8.00. The smallest absolute Gasteiger partial charge is 0.284 e. The number of benzene rings is 1. The molecule has 2 aromatic heterocycles. The molecule has 3 aromatic rings. The minimum Gasteiger partial charge on any atom is -0.459 e. The molecule has 9 heteroatoms. The number of rotatable bonds is 5. The van der Waals surface area contributed by atoms with Gasteiger partial charge in [0.1, 0.15) is 5.82 Å². The summed E-state index contributed by atoms with van der Waals surface area (Å²) in [5.74, 6) is -0.165. The van der Waals surface area contributed by atoms with Crippen LogP contribution in [-0.4, -0.2) is 21.4 Å². The number of amides is 1. The molecule has 0 spiro atoms. The Labute approximate surface area is 145 Å². The van der Waals surface area contributed by atoms with Crippen LogP contribution in [0.3, 0.4) is 0 Å². The van der Waals surface area contributed by atoms with E-state index in [2.05, 4.69) is 15.5 Å².